The van der Waals surface area contributed by atoms with E-state index < -0.39 is 181 Å². The first-order chi connectivity index (χ1) is 56.7. The molecular weight excluding hydrogens is 1250 g/mol. The average molecular weight is 1350 g/mol. The van der Waals surface area contributed by atoms with Gasteiger partial charge in [-0.3, -0.25) is 0 Å². The van der Waals surface area contributed by atoms with Crippen molar-refractivity contribution < 1.29 is 30.2 Å². The van der Waals surface area contributed by atoms with Gasteiger partial charge in [-0.15, -0.1) is 0 Å². The molecule has 0 N–H and O–H groups in total. The van der Waals surface area contributed by atoms with Gasteiger partial charge in [-0.2, -0.15) is 0 Å². The van der Waals surface area contributed by atoms with Crippen LogP contribution in [-0.4, -0.2) is 30.4 Å². The normalized spacial score (nSPS) is 16.2. The van der Waals surface area contributed by atoms with Crippen molar-refractivity contribution in [2.24, 2.45) is 0 Å². The van der Waals surface area contributed by atoms with Crippen LogP contribution >= 0.6 is 0 Å². The van der Waals surface area contributed by atoms with Crippen LogP contribution < -0.4 is 26.2 Å². The molecule has 0 amide bonds. The van der Waals surface area contributed by atoms with Gasteiger partial charge in [0.05, 0.1) is 22.0 Å². The molecule has 0 fully saturated rings. The summed E-state index contributed by atoms with van der Waals surface area (Å²) in [6, 6.07) is 37.3. The zero-order valence-electron chi connectivity index (χ0n) is 77.3. The van der Waals surface area contributed by atoms with E-state index in [-0.39, 0.29) is 75.1 Å². The summed E-state index contributed by atoms with van der Waals surface area (Å²) >= 11 is -1.21. The number of anilines is 6. The predicted octanol–water partition coefficient (Wildman–Crippen LogP) is 22.7. The van der Waals surface area contributed by atoms with Crippen LogP contribution in [-0.2, 0) is 16.2 Å². The number of benzene rings is 13. The molecule has 2 aliphatic heterocycles. The van der Waals surface area contributed by atoms with E-state index in [1.54, 1.807) is 0 Å². The second-order valence-electron chi connectivity index (χ2n) is 28.4. The molecule has 0 atom stereocenters. The van der Waals surface area contributed by atoms with Gasteiger partial charge in [0.25, 0.3) is 0 Å². The Morgan fingerprint density at radius 2 is 0.694 bits per heavy atom. The summed E-state index contributed by atoms with van der Waals surface area (Å²) in [5.74, 6) is 0. The summed E-state index contributed by atoms with van der Waals surface area (Å²) in [4.78, 5) is 3.86. The van der Waals surface area contributed by atoms with Gasteiger partial charge in [0, 0.05) is 10.8 Å². The van der Waals surface area contributed by atoms with Crippen molar-refractivity contribution in [3.63, 3.8) is 0 Å². The maximum absolute atomic E-state index is 11.8. The molecule has 18 rings (SSSR count). The Morgan fingerprint density at radius 1 is 0.347 bits per heavy atom. The zero-order valence-corrected chi connectivity index (χ0v) is 57.0. The SMILES string of the molecule is [2H]c1c([2H])c(-n2c3[se]c4c([2H])c([2H])c([2H])c([2H])c4c3c3c([2H])c([2H])c([2H])c([2H])c32)c([2H])c2c1B1c3c(cc(C(C)(C)C)cc3N(c3c(-c4ccccc4)cc(C(C)(C)C)cc3-c3ccccc3)c3c([2H])c(-n4c5c([2H])c([2H])c([2H])c([2H])c5c5c([2H])c([2H])c([2H])c([2H])c54)c([2H])c([2H])c31)N2c1c(-c2ccccc2)cc(C(C)(C)C)cc1-c1ccccc1. The first-order valence-electron chi connectivity index (χ1n) is 43.8. The molecule has 0 saturated heterocycles. The molecular formula is C92H75BN4Se. The van der Waals surface area contributed by atoms with E-state index in [0.29, 0.717) is 78.3 Å². The second kappa shape index (κ2) is 22.5. The van der Waals surface area contributed by atoms with Crippen LogP contribution in [0.3, 0.4) is 0 Å². The summed E-state index contributed by atoms with van der Waals surface area (Å²) in [5, 5.41) is -0.772. The molecule has 0 spiro atoms. The molecule has 0 radical (unpaired) electrons. The number of rotatable bonds is 8. The van der Waals surface area contributed by atoms with Gasteiger partial charge < -0.3 is 0 Å². The Bertz CT molecular complexity index is 7050. The molecule has 0 aliphatic carbocycles. The Kier molecular flexibility index (Phi) is 9.36. The van der Waals surface area contributed by atoms with E-state index in [1.807, 2.05) is 164 Å². The quantitative estimate of drug-likeness (QED) is 0.141. The fourth-order valence-corrected chi connectivity index (χ4v) is 16.8. The molecule has 472 valence electrons. The minimum atomic E-state index is -1.59. The van der Waals surface area contributed by atoms with E-state index in [4.69, 9.17) is 5.48 Å². The third-order valence-electron chi connectivity index (χ3n) is 19.3. The monoisotopic (exact) mass is 1350 g/mol. The Hall–Kier alpha value is -10.6. The van der Waals surface area contributed by atoms with E-state index >= 15 is 0 Å². The third-order valence-corrected chi connectivity index (χ3v) is 21.6. The van der Waals surface area contributed by atoms with Crippen molar-refractivity contribution in [1.82, 2.24) is 9.13 Å². The van der Waals surface area contributed by atoms with Crippen LogP contribution in [0.15, 0.2) is 291 Å². The number of fused-ring (bicyclic) bond motifs is 12. The third kappa shape index (κ3) is 9.47. The summed E-state index contributed by atoms with van der Waals surface area (Å²) in [7, 11) is 0. The zero-order chi connectivity index (χ0) is 85.7. The number of aromatic nitrogens is 2. The molecule has 16 aromatic rings. The van der Waals surface area contributed by atoms with Crippen molar-refractivity contribution >= 4 is 124 Å². The summed E-state index contributed by atoms with van der Waals surface area (Å²) in [6.07, 6.45) is 0. The van der Waals surface area contributed by atoms with Gasteiger partial charge in [0.2, 0.25) is 0 Å². The molecule has 4 nitrogen and oxygen atoms in total. The van der Waals surface area contributed by atoms with Crippen molar-refractivity contribution in [3.8, 4) is 55.9 Å². The van der Waals surface area contributed by atoms with Crippen LogP contribution in [0.4, 0.5) is 34.1 Å². The Labute approximate surface area is 612 Å². The fourth-order valence-electron chi connectivity index (χ4n) is 14.4. The van der Waals surface area contributed by atoms with Gasteiger partial charge in [-0.05, 0) is 46.3 Å². The van der Waals surface area contributed by atoms with Crippen molar-refractivity contribution in [2.75, 3.05) is 9.80 Å². The summed E-state index contributed by atoms with van der Waals surface area (Å²) in [6.45, 7) is 17.2. The number of para-hydroxylation sites is 3. The predicted molar refractivity (Wildman–Crippen MR) is 421 cm³/mol. The Balaban J connectivity index is 1.13. The first-order valence-corrected chi connectivity index (χ1v) is 34.5. The fraction of sp³-hybridized carbons (Fsp3) is 0.130. The van der Waals surface area contributed by atoms with Gasteiger partial charge in [0.1, 0.15) is 0 Å². The first kappa shape index (κ1) is 40.8. The van der Waals surface area contributed by atoms with Crippen molar-refractivity contribution in [2.45, 2.75) is 78.6 Å². The van der Waals surface area contributed by atoms with Crippen molar-refractivity contribution in [3.05, 3.63) is 307 Å². The molecule has 6 heteroatoms. The van der Waals surface area contributed by atoms with Gasteiger partial charge in [-0.25, -0.2) is 0 Å². The van der Waals surface area contributed by atoms with Crippen LogP contribution in [0, 0.1) is 0 Å². The summed E-state index contributed by atoms with van der Waals surface area (Å²) < 4.78 is 223. The number of hydrogen-bond donors (Lipinski definition) is 0. The molecule has 13 aromatic carbocycles. The average Bonchev–Trinajstić information content (AvgIpc) is 0.954. The van der Waals surface area contributed by atoms with E-state index in [0.717, 1.165) is 15.7 Å². The van der Waals surface area contributed by atoms with E-state index in [9.17, 15) is 24.7 Å². The van der Waals surface area contributed by atoms with Crippen molar-refractivity contribution in [1.29, 1.82) is 0 Å². The molecule has 0 bridgehead atoms. The molecule has 2 aliphatic rings. The standard InChI is InChI=1S/C92H75BN4Se/c1-90(2,3)62-50-71(58-30-14-10-15-31-58)87(72(51-62)59-32-16-11-17-33-59)96-80-56-65(94-77-42-26-22-38-67(77)68-39-23-27-43-78(68)94)46-48-75(80)93-76-49-47-66(95-79-44-28-24-40-69(79)85-70-41-25-29-45-84(70)98-89(85)95)57-81(76)97(83-55-64(92(7,8)9)54-82(96)86(83)93)88-73(60-34-18-12-19-35-60)52-63(91(4,5)6)53-74(88)61-36-20-13-21-37-61/h10-57H,1-9H3/i22D,23D,24D,25D,26D,27D,28D,29D,38D,39D,40D,41D,42D,43D,44D,45D,46D,47D,48D,49D,56D,57D. The van der Waals surface area contributed by atoms with Gasteiger partial charge >= 0.3 is 418 Å². The maximum atomic E-state index is 11.8. The molecule has 0 unspecified atom stereocenters. The number of hydrogen-bond acceptors (Lipinski definition) is 2. The van der Waals surface area contributed by atoms with Gasteiger partial charge in [0.15, 0.2) is 0 Å². The molecule has 5 heterocycles. The van der Waals surface area contributed by atoms with E-state index in [1.165, 1.54) is 4.57 Å². The van der Waals surface area contributed by atoms with Crippen LogP contribution in [0.2, 0.25) is 0 Å². The molecule has 0 saturated carbocycles. The molecule has 3 aromatic heterocycles. The van der Waals surface area contributed by atoms with Crippen LogP contribution in [0.5, 0.6) is 0 Å². The number of nitrogens with zero attached hydrogens (tertiary/aromatic N) is 4. The second-order valence-corrected chi connectivity index (χ2v) is 30.5. The van der Waals surface area contributed by atoms with Gasteiger partial charge in [-0.1, -0.05) is 118 Å². The summed E-state index contributed by atoms with van der Waals surface area (Å²) in [5.41, 5.74) is 5.36. The molecule has 98 heavy (non-hydrogen) atoms. The van der Waals surface area contributed by atoms with E-state index in [2.05, 4.69) is 65.8 Å². The van der Waals surface area contributed by atoms with Crippen LogP contribution in [0.25, 0.3) is 108 Å². The Morgan fingerprint density at radius 3 is 1.10 bits per heavy atom. The minimum absolute atomic E-state index is 0.00717. The topological polar surface area (TPSA) is 16.3 Å². The van der Waals surface area contributed by atoms with Crippen LogP contribution in [0.1, 0.15) is 109 Å².